The average Bonchev–Trinajstić information content (AvgIpc) is 2.55. The molecule has 0 aliphatic carbocycles. The van der Waals surface area contributed by atoms with Gasteiger partial charge in [-0.3, -0.25) is 9.97 Å². The molecular formula is C16H18N4O3. The number of anilines is 1. The van der Waals surface area contributed by atoms with E-state index in [1.54, 1.807) is 43.6 Å². The molecule has 7 nitrogen and oxygen atoms in total. The topological polar surface area (TPSA) is 93.2 Å². The molecule has 2 aromatic rings. The van der Waals surface area contributed by atoms with Crippen molar-refractivity contribution >= 4 is 17.7 Å². The standard InChI is InChI=1S/C16H18N4O3/c1-3-23-15(21)12-5-4-6-13(7-12)20-16(22)19-10-14-9-17-11(2)8-18-14/h4-9H,3,10H2,1-2H3,(H2,19,20,22). The second-order valence-corrected chi connectivity index (χ2v) is 4.76. The lowest BCUT2D eigenvalue weighted by Crippen LogP contribution is -2.28. The molecule has 0 aliphatic heterocycles. The van der Waals surface area contributed by atoms with E-state index < -0.39 is 12.0 Å². The number of amides is 2. The Kier molecular flexibility index (Phi) is 5.62. The lowest BCUT2D eigenvalue weighted by atomic mass is 10.2. The first-order valence-corrected chi connectivity index (χ1v) is 7.18. The van der Waals surface area contributed by atoms with Crippen LogP contribution in [0.5, 0.6) is 0 Å². The minimum atomic E-state index is -0.425. The van der Waals surface area contributed by atoms with Gasteiger partial charge in [0.25, 0.3) is 0 Å². The van der Waals surface area contributed by atoms with E-state index in [9.17, 15) is 9.59 Å². The third-order valence-electron chi connectivity index (χ3n) is 2.90. The van der Waals surface area contributed by atoms with Gasteiger partial charge in [-0.1, -0.05) is 6.07 Å². The number of aromatic nitrogens is 2. The van der Waals surface area contributed by atoms with Crippen LogP contribution < -0.4 is 10.6 Å². The van der Waals surface area contributed by atoms with Crippen LogP contribution in [0.1, 0.15) is 28.7 Å². The molecule has 0 unspecified atom stereocenters. The number of rotatable bonds is 5. The average molecular weight is 314 g/mol. The molecule has 0 bridgehead atoms. The summed E-state index contributed by atoms with van der Waals surface area (Å²) < 4.78 is 4.92. The van der Waals surface area contributed by atoms with Crippen molar-refractivity contribution in [3.63, 3.8) is 0 Å². The summed E-state index contributed by atoms with van der Waals surface area (Å²) in [5.74, 6) is -0.425. The van der Waals surface area contributed by atoms with Crippen molar-refractivity contribution in [2.24, 2.45) is 0 Å². The van der Waals surface area contributed by atoms with Crippen LogP contribution in [-0.4, -0.2) is 28.6 Å². The van der Waals surface area contributed by atoms with E-state index in [4.69, 9.17) is 4.74 Å². The number of benzene rings is 1. The Hall–Kier alpha value is -2.96. The maximum Gasteiger partial charge on any atom is 0.338 e. The van der Waals surface area contributed by atoms with E-state index in [0.29, 0.717) is 23.6 Å². The molecule has 0 saturated heterocycles. The molecule has 23 heavy (non-hydrogen) atoms. The number of hydrogen-bond acceptors (Lipinski definition) is 5. The normalized spacial score (nSPS) is 10.0. The highest BCUT2D eigenvalue weighted by molar-refractivity contribution is 5.93. The smallest absolute Gasteiger partial charge is 0.338 e. The summed E-state index contributed by atoms with van der Waals surface area (Å²) in [5, 5.41) is 5.33. The highest BCUT2D eigenvalue weighted by atomic mass is 16.5. The molecule has 0 saturated carbocycles. The Morgan fingerprint density at radius 2 is 2.04 bits per heavy atom. The van der Waals surface area contributed by atoms with Crippen molar-refractivity contribution in [3.05, 3.63) is 53.6 Å². The fourth-order valence-corrected chi connectivity index (χ4v) is 1.80. The largest absolute Gasteiger partial charge is 0.462 e. The first-order valence-electron chi connectivity index (χ1n) is 7.18. The van der Waals surface area contributed by atoms with Crippen molar-refractivity contribution in [3.8, 4) is 0 Å². The summed E-state index contributed by atoms with van der Waals surface area (Å²) >= 11 is 0. The monoisotopic (exact) mass is 314 g/mol. The number of hydrogen-bond donors (Lipinski definition) is 2. The molecule has 1 aromatic carbocycles. The maximum atomic E-state index is 11.9. The van der Waals surface area contributed by atoms with E-state index in [-0.39, 0.29) is 6.54 Å². The molecule has 1 heterocycles. The van der Waals surface area contributed by atoms with Crippen LogP contribution in [0.2, 0.25) is 0 Å². The summed E-state index contributed by atoms with van der Waals surface area (Å²) in [4.78, 5) is 31.8. The first-order chi connectivity index (χ1) is 11.1. The number of ether oxygens (including phenoxy) is 1. The van der Waals surface area contributed by atoms with Gasteiger partial charge in [-0.25, -0.2) is 9.59 Å². The summed E-state index contributed by atoms with van der Waals surface area (Å²) in [5.41, 5.74) is 2.36. The fraction of sp³-hybridized carbons (Fsp3) is 0.250. The molecule has 2 amide bonds. The van der Waals surface area contributed by atoms with E-state index in [1.807, 2.05) is 6.92 Å². The molecule has 0 fully saturated rings. The molecule has 0 spiro atoms. The summed E-state index contributed by atoms with van der Waals surface area (Å²) in [6.45, 7) is 4.14. The lowest BCUT2D eigenvalue weighted by Gasteiger charge is -2.08. The Morgan fingerprint density at radius 3 is 2.74 bits per heavy atom. The third kappa shape index (κ3) is 5.06. The Labute approximate surface area is 134 Å². The van der Waals surface area contributed by atoms with Crippen LogP contribution in [0, 0.1) is 6.92 Å². The van der Waals surface area contributed by atoms with Gasteiger partial charge in [-0.05, 0) is 32.0 Å². The van der Waals surface area contributed by atoms with Gasteiger partial charge >= 0.3 is 12.0 Å². The number of urea groups is 1. The van der Waals surface area contributed by atoms with E-state index in [0.717, 1.165) is 5.69 Å². The van der Waals surface area contributed by atoms with Crippen molar-refractivity contribution in [2.75, 3.05) is 11.9 Å². The predicted octanol–water partition coefficient (Wildman–Crippen LogP) is 2.28. The van der Waals surface area contributed by atoms with E-state index >= 15 is 0 Å². The molecule has 0 aliphatic rings. The molecule has 0 atom stereocenters. The quantitative estimate of drug-likeness (QED) is 0.826. The Morgan fingerprint density at radius 1 is 1.22 bits per heavy atom. The molecule has 1 aromatic heterocycles. The number of carbonyl (C=O) groups excluding carboxylic acids is 2. The van der Waals surface area contributed by atoms with Crippen LogP contribution in [-0.2, 0) is 11.3 Å². The summed E-state index contributed by atoms with van der Waals surface area (Å²) in [7, 11) is 0. The van der Waals surface area contributed by atoms with Gasteiger partial charge < -0.3 is 15.4 Å². The van der Waals surface area contributed by atoms with Crippen molar-refractivity contribution in [1.82, 2.24) is 15.3 Å². The molecule has 2 rings (SSSR count). The SMILES string of the molecule is CCOC(=O)c1cccc(NC(=O)NCc2cnc(C)cn2)c1. The first kappa shape index (κ1) is 16.4. The molecule has 0 radical (unpaired) electrons. The number of nitrogens with zero attached hydrogens (tertiary/aromatic N) is 2. The second-order valence-electron chi connectivity index (χ2n) is 4.76. The van der Waals surface area contributed by atoms with Crippen LogP contribution in [0.25, 0.3) is 0 Å². The molecule has 7 heteroatoms. The predicted molar refractivity (Wildman–Crippen MR) is 85.0 cm³/mol. The van der Waals surface area contributed by atoms with Gasteiger partial charge in [0.05, 0.1) is 36.3 Å². The van der Waals surface area contributed by atoms with Crippen LogP contribution in [0.4, 0.5) is 10.5 Å². The number of aryl methyl sites for hydroxylation is 1. The highest BCUT2D eigenvalue weighted by Crippen LogP contribution is 2.11. The van der Waals surface area contributed by atoms with Crippen LogP contribution in [0.15, 0.2) is 36.7 Å². The van der Waals surface area contributed by atoms with Gasteiger partial charge in [0.2, 0.25) is 0 Å². The summed E-state index contributed by atoms with van der Waals surface area (Å²) in [6.07, 6.45) is 3.24. The summed E-state index contributed by atoms with van der Waals surface area (Å²) in [6, 6.07) is 6.15. The van der Waals surface area contributed by atoms with E-state index in [1.165, 1.54) is 0 Å². The Bertz CT molecular complexity index is 686. The lowest BCUT2D eigenvalue weighted by molar-refractivity contribution is 0.0526. The van der Waals surface area contributed by atoms with Gasteiger partial charge in [-0.2, -0.15) is 0 Å². The van der Waals surface area contributed by atoms with Gasteiger partial charge in [0.1, 0.15) is 0 Å². The zero-order valence-electron chi connectivity index (χ0n) is 13.0. The van der Waals surface area contributed by atoms with Crippen molar-refractivity contribution in [2.45, 2.75) is 20.4 Å². The van der Waals surface area contributed by atoms with E-state index in [2.05, 4.69) is 20.6 Å². The third-order valence-corrected chi connectivity index (χ3v) is 2.90. The molecule has 2 N–H and O–H groups in total. The zero-order valence-corrected chi connectivity index (χ0v) is 13.0. The Balaban J connectivity index is 1.91. The number of carbonyl (C=O) groups is 2. The minimum absolute atomic E-state index is 0.261. The van der Waals surface area contributed by atoms with Gasteiger partial charge in [-0.15, -0.1) is 0 Å². The van der Waals surface area contributed by atoms with Crippen LogP contribution in [0.3, 0.4) is 0 Å². The second kappa shape index (κ2) is 7.88. The fourth-order valence-electron chi connectivity index (χ4n) is 1.80. The van der Waals surface area contributed by atoms with Crippen molar-refractivity contribution < 1.29 is 14.3 Å². The minimum Gasteiger partial charge on any atom is -0.462 e. The highest BCUT2D eigenvalue weighted by Gasteiger charge is 2.08. The van der Waals surface area contributed by atoms with Crippen LogP contribution >= 0.6 is 0 Å². The van der Waals surface area contributed by atoms with Crippen molar-refractivity contribution in [1.29, 1.82) is 0 Å². The maximum absolute atomic E-state index is 11.9. The molecular weight excluding hydrogens is 296 g/mol. The number of esters is 1. The number of nitrogens with one attached hydrogen (secondary N) is 2. The zero-order chi connectivity index (χ0) is 16.7. The van der Waals surface area contributed by atoms with Gasteiger partial charge in [0, 0.05) is 11.9 Å². The molecule has 120 valence electrons. The van der Waals surface area contributed by atoms with Gasteiger partial charge in [0.15, 0.2) is 0 Å².